The van der Waals surface area contributed by atoms with Gasteiger partial charge in [-0.2, -0.15) is 0 Å². The standard InChI is InChI=1S/C18H32N2O7/c1-17(2,3)27-16(22)19-14-18(9-5-4-6-10-18)13-15(21)25-11-7-8-12-26-20(23)24/h4-14H2,1-3H3,(H,19,22). The summed E-state index contributed by atoms with van der Waals surface area (Å²) in [5.41, 5.74) is -0.872. The van der Waals surface area contributed by atoms with Gasteiger partial charge < -0.3 is 19.6 Å². The average Bonchev–Trinajstić information content (AvgIpc) is 2.55. The SMILES string of the molecule is CC(C)(C)OC(=O)NCC1(CC(=O)OCCCCO[N+](=O)[O-])CCCCC1. The lowest BCUT2D eigenvalue weighted by Crippen LogP contribution is -2.42. The van der Waals surface area contributed by atoms with Gasteiger partial charge in [-0.05, 0) is 51.9 Å². The summed E-state index contributed by atoms with van der Waals surface area (Å²) < 4.78 is 10.5. The minimum absolute atomic E-state index is 0.00566. The topological polar surface area (TPSA) is 117 Å². The molecule has 0 radical (unpaired) electrons. The molecule has 1 rings (SSSR count). The summed E-state index contributed by atoms with van der Waals surface area (Å²) in [6.45, 7) is 5.99. The molecule has 0 aromatic rings. The van der Waals surface area contributed by atoms with Crippen molar-refractivity contribution >= 4 is 12.1 Å². The number of nitrogens with zero attached hydrogens (tertiary/aromatic N) is 1. The van der Waals surface area contributed by atoms with E-state index in [9.17, 15) is 19.7 Å². The number of hydrogen-bond donors (Lipinski definition) is 1. The molecule has 0 bridgehead atoms. The molecular weight excluding hydrogens is 356 g/mol. The first-order valence-corrected chi connectivity index (χ1v) is 9.52. The van der Waals surface area contributed by atoms with Crippen molar-refractivity contribution in [3.8, 4) is 0 Å². The summed E-state index contributed by atoms with van der Waals surface area (Å²) in [4.78, 5) is 38.4. The van der Waals surface area contributed by atoms with Gasteiger partial charge in [0.2, 0.25) is 0 Å². The van der Waals surface area contributed by atoms with Gasteiger partial charge in [-0.1, -0.05) is 19.3 Å². The van der Waals surface area contributed by atoms with Crippen molar-refractivity contribution in [3.05, 3.63) is 10.1 Å². The Kier molecular flexibility index (Phi) is 9.31. The largest absolute Gasteiger partial charge is 0.466 e. The van der Waals surface area contributed by atoms with Crippen molar-refractivity contribution < 1.29 is 29.0 Å². The highest BCUT2D eigenvalue weighted by Crippen LogP contribution is 2.39. The average molecular weight is 388 g/mol. The first-order valence-electron chi connectivity index (χ1n) is 9.52. The van der Waals surface area contributed by atoms with E-state index in [0.717, 1.165) is 32.1 Å². The molecule has 1 N–H and O–H groups in total. The van der Waals surface area contributed by atoms with Gasteiger partial charge in [0.25, 0.3) is 5.09 Å². The van der Waals surface area contributed by atoms with Gasteiger partial charge >= 0.3 is 12.1 Å². The number of hydrogen-bond acceptors (Lipinski definition) is 7. The molecule has 0 heterocycles. The summed E-state index contributed by atoms with van der Waals surface area (Å²) in [6.07, 6.45) is 5.58. The van der Waals surface area contributed by atoms with Crippen LogP contribution in [0.15, 0.2) is 0 Å². The molecule has 1 saturated carbocycles. The van der Waals surface area contributed by atoms with Crippen molar-refractivity contribution in [2.24, 2.45) is 5.41 Å². The van der Waals surface area contributed by atoms with Crippen LogP contribution in [-0.2, 0) is 19.1 Å². The van der Waals surface area contributed by atoms with Gasteiger partial charge in [0.05, 0.1) is 19.6 Å². The lowest BCUT2D eigenvalue weighted by Gasteiger charge is -2.36. The first kappa shape index (κ1) is 23.0. The maximum Gasteiger partial charge on any atom is 0.407 e. The Morgan fingerprint density at radius 1 is 1.11 bits per heavy atom. The van der Waals surface area contributed by atoms with Crippen molar-refractivity contribution in [1.29, 1.82) is 0 Å². The Morgan fingerprint density at radius 3 is 2.33 bits per heavy atom. The van der Waals surface area contributed by atoms with Gasteiger partial charge in [-0.3, -0.25) is 4.79 Å². The number of rotatable bonds is 10. The Hall–Kier alpha value is -2.06. The lowest BCUT2D eigenvalue weighted by molar-refractivity contribution is -0.757. The van der Waals surface area contributed by atoms with Crippen molar-refractivity contribution in [2.45, 2.75) is 77.7 Å². The summed E-state index contributed by atoms with van der Waals surface area (Å²) >= 11 is 0. The molecule has 1 aliphatic rings. The quantitative estimate of drug-likeness (QED) is 0.264. The molecule has 0 saturated heterocycles. The Bertz CT molecular complexity index is 496. The predicted octanol–water partition coefficient (Wildman–Crippen LogP) is 3.38. The van der Waals surface area contributed by atoms with Crippen LogP contribution in [0.5, 0.6) is 0 Å². The maximum atomic E-state index is 12.2. The van der Waals surface area contributed by atoms with E-state index in [-0.39, 0.29) is 31.0 Å². The number of amides is 1. The van der Waals surface area contributed by atoms with E-state index < -0.39 is 16.8 Å². The Labute approximate surface area is 160 Å². The van der Waals surface area contributed by atoms with E-state index in [1.165, 1.54) is 0 Å². The van der Waals surface area contributed by atoms with Crippen LogP contribution in [0.2, 0.25) is 0 Å². The minimum Gasteiger partial charge on any atom is -0.466 e. The number of nitrogens with one attached hydrogen (secondary N) is 1. The van der Waals surface area contributed by atoms with Crippen LogP contribution in [0, 0.1) is 15.5 Å². The van der Waals surface area contributed by atoms with E-state index in [1.807, 2.05) is 0 Å². The van der Waals surface area contributed by atoms with Crippen LogP contribution >= 0.6 is 0 Å². The Balaban J connectivity index is 2.40. The second-order valence-electron chi connectivity index (χ2n) is 8.08. The van der Waals surface area contributed by atoms with E-state index in [1.54, 1.807) is 20.8 Å². The Morgan fingerprint density at radius 2 is 1.74 bits per heavy atom. The molecule has 0 aliphatic heterocycles. The zero-order valence-electron chi connectivity index (χ0n) is 16.6. The third kappa shape index (κ3) is 10.6. The second-order valence-corrected chi connectivity index (χ2v) is 8.08. The molecule has 27 heavy (non-hydrogen) atoms. The van der Waals surface area contributed by atoms with E-state index in [2.05, 4.69) is 10.2 Å². The van der Waals surface area contributed by atoms with Crippen molar-refractivity contribution in [2.75, 3.05) is 19.8 Å². The molecule has 0 aromatic carbocycles. The highest BCUT2D eigenvalue weighted by Gasteiger charge is 2.35. The molecule has 156 valence electrons. The van der Waals surface area contributed by atoms with Crippen LogP contribution in [0.4, 0.5) is 4.79 Å². The summed E-state index contributed by atoms with van der Waals surface area (Å²) in [7, 11) is 0. The molecular formula is C18H32N2O7. The number of unbranched alkanes of at least 4 members (excludes halogenated alkanes) is 1. The normalized spacial score (nSPS) is 16.3. The monoisotopic (exact) mass is 388 g/mol. The van der Waals surface area contributed by atoms with Crippen LogP contribution in [0.1, 0.15) is 72.1 Å². The summed E-state index contributed by atoms with van der Waals surface area (Å²) in [5.74, 6) is -0.307. The third-order valence-corrected chi connectivity index (χ3v) is 4.44. The molecule has 9 heteroatoms. The molecule has 1 amide bonds. The fourth-order valence-corrected chi connectivity index (χ4v) is 3.18. The zero-order valence-corrected chi connectivity index (χ0v) is 16.6. The van der Waals surface area contributed by atoms with Gasteiger partial charge in [0, 0.05) is 6.54 Å². The van der Waals surface area contributed by atoms with Gasteiger partial charge in [0.15, 0.2) is 0 Å². The van der Waals surface area contributed by atoms with E-state index in [0.29, 0.717) is 19.4 Å². The van der Waals surface area contributed by atoms with E-state index >= 15 is 0 Å². The lowest BCUT2D eigenvalue weighted by atomic mass is 9.71. The van der Waals surface area contributed by atoms with Crippen LogP contribution in [0.3, 0.4) is 0 Å². The van der Waals surface area contributed by atoms with Crippen molar-refractivity contribution in [1.82, 2.24) is 5.32 Å². The fourth-order valence-electron chi connectivity index (χ4n) is 3.18. The molecule has 1 fully saturated rings. The zero-order chi connectivity index (χ0) is 20.3. The number of carbonyl (C=O) groups is 2. The molecule has 9 nitrogen and oxygen atoms in total. The molecule has 0 spiro atoms. The number of esters is 1. The molecule has 0 aromatic heterocycles. The van der Waals surface area contributed by atoms with Crippen LogP contribution in [0.25, 0.3) is 0 Å². The highest BCUT2D eigenvalue weighted by atomic mass is 16.9. The third-order valence-electron chi connectivity index (χ3n) is 4.44. The second kappa shape index (κ2) is 10.9. The number of carbonyl (C=O) groups excluding carboxylic acids is 2. The summed E-state index contributed by atoms with van der Waals surface area (Å²) in [6, 6.07) is 0. The first-order chi connectivity index (χ1) is 12.6. The minimum atomic E-state index is -0.837. The van der Waals surface area contributed by atoms with Gasteiger partial charge in [-0.25, -0.2) is 4.79 Å². The van der Waals surface area contributed by atoms with Gasteiger partial charge in [-0.15, -0.1) is 10.1 Å². The smallest absolute Gasteiger partial charge is 0.407 e. The number of alkyl carbamates (subject to hydrolysis) is 1. The fraction of sp³-hybridized carbons (Fsp3) is 0.889. The van der Waals surface area contributed by atoms with Gasteiger partial charge in [0.1, 0.15) is 5.60 Å². The van der Waals surface area contributed by atoms with Crippen LogP contribution in [-0.4, -0.2) is 42.5 Å². The number of ether oxygens (including phenoxy) is 2. The maximum absolute atomic E-state index is 12.2. The highest BCUT2D eigenvalue weighted by molar-refractivity contribution is 5.71. The molecule has 0 atom stereocenters. The molecule has 0 unspecified atom stereocenters. The predicted molar refractivity (Wildman–Crippen MR) is 97.5 cm³/mol. The van der Waals surface area contributed by atoms with Crippen LogP contribution < -0.4 is 5.32 Å². The summed E-state index contributed by atoms with van der Waals surface area (Å²) in [5, 5.41) is 12.0. The van der Waals surface area contributed by atoms with E-state index in [4.69, 9.17) is 9.47 Å². The molecule has 1 aliphatic carbocycles. The van der Waals surface area contributed by atoms with Crippen molar-refractivity contribution in [3.63, 3.8) is 0 Å².